The fourth-order valence-corrected chi connectivity index (χ4v) is 2.18. The van der Waals surface area contributed by atoms with E-state index < -0.39 is 12.0 Å². The number of aliphatic carboxylic acids is 1. The van der Waals surface area contributed by atoms with Crippen molar-refractivity contribution in [2.45, 2.75) is 57.9 Å². The van der Waals surface area contributed by atoms with Gasteiger partial charge in [0, 0.05) is 13.1 Å². The molecule has 5 nitrogen and oxygen atoms in total. The lowest BCUT2D eigenvalue weighted by Crippen LogP contribution is -2.48. The SMILES string of the molecule is CCCC[C@H](NC(=O)N1CCCCCC1)C(=O)O. The second-order valence-corrected chi connectivity index (χ2v) is 4.88. The fraction of sp³-hybridized carbons (Fsp3) is 0.846. The van der Waals surface area contributed by atoms with E-state index in [2.05, 4.69) is 5.32 Å². The lowest BCUT2D eigenvalue weighted by atomic mass is 10.1. The Kier molecular flexibility index (Phi) is 6.54. The molecule has 1 rings (SSSR count). The van der Waals surface area contributed by atoms with Gasteiger partial charge in [0.2, 0.25) is 0 Å². The van der Waals surface area contributed by atoms with Gasteiger partial charge in [0.05, 0.1) is 0 Å². The van der Waals surface area contributed by atoms with Crippen LogP contribution in [-0.2, 0) is 4.79 Å². The smallest absolute Gasteiger partial charge is 0.326 e. The average Bonchev–Trinajstić information content (AvgIpc) is 2.62. The van der Waals surface area contributed by atoms with Gasteiger partial charge in [-0.1, -0.05) is 32.6 Å². The van der Waals surface area contributed by atoms with E-state index in [0.717, 1.165) is 51.6 Å². The minimum atomic E-state index is -0.938. The van der Waals surface area contributed by atoms with Crippen molar-refractivity contribution in [2.24, 2.45) is 0 Å². The highest BCUT2D eigenvalue weighted by Crippen LogP contribution is 2.10. The molecule has 0 spiro atoms. The Bertz CT molecular complexity index is 273. The second-order valence-electron chi connectivity index (χ2n) is 4.88. The Morgan fingerprint density at radius 2 is 1.83 bits per heavy atom. The molecule has 0 bridgehead atoms. The van der Waals surface area contributed by atoms with Gasteiger partial charge in [0.1, 0.15) is 6.04 Å². The number of rotatable bonds is 5. The number of urea groups is 1. The number of nitrogens with one attached hydrogen (secondary N) is 1. The molecule has 0 unspecified atom stereocenters. The molecule has 5 heteroatoms. The van der Waals surface area contributed by atoms with Crippen molar-refractivity contribution in [3.8, 4) is 0 Å². The first kappa shape index (κ1) is 14.8. The van der Waals surface area contributed by atoms with E-state index >= 15 is 0 Å². The molecule has 0 aromatic carbocycles. The predicted molar refractivity (Wildman–Crippen MR) is 69.5 cm³/mol. The zero-order valence-electron chi connectivity index (χ0n) is 11.2. The van der Waals surface area contributed by atoms with Crippen molar-refractivity contribution >= 4 is 12.0 Å². The molecule has 0 aliphatic carbocycles. The summed E-state index contributed by atoms with van der Waals surface area (Å²) in [5, 5.41) is 11.7. The van der Waals surface area contributed by atoms with E-state index in [1.165, 1.54) is 0 Å². The molecule has 1 aliphatic rings. The first-order valence-corrected chi connectivity index (χ1v) is 6.93. The van der Waals surface area contributed by atoms with Crippen LogP contribution in [-0.4, -0.2) is 41.1 Å². The fourth-order valence-electron chi connectivity index (χ4n) is 2.18. The molecular formula is C13H24N2O3. The highest BCUT2D eigenvalue weighted by Gasteiger charge is 2.22. The molecule has 0 radical (unpaired) electrons. The summed E-state index contributed by atoms with van der Waals surface area (Å²) in [6.45, 7) is 3.49. The molecule has 0 saturated carbocycles. The van der Waals surface area contributed by atoms with Gasteiger partial charge in [0.15, 0.2) is 0 Å². The minimum Gasteiger partial charge on any atom is -0.480 e. The summed E-state index contributed by atoms with van der Waals surface area (Å²) in [4.78, 5) is 24.8. The molecule has 0 aromatic rings. The van der Waals surface area contributed by atoms with Crippen LogP contribution in [0.3, 0.4) is 0 Å². The van der Waals surface area contributed by atoms with Crippen molar-refractivity contribution in [1.82, 2.24) is 10.2 Å². The highest BCUT2D eigenvalue weighted by atomic mass is 16.4. The topological polar surface area (TPSA) is 69.6 Å². The van der Waals surface area contributed by atoms with E-state index in [9.17, 15) is 9.59 Å². The zero-order valence-corrected chi connectivity index (χ0v) is 11.2. The van der Waals surface area contributed by atoms with Crippen molar-refractivity contribution in [2.75, 3.05) is 13.1 Å². The van der Waals surface area contributed by atoms with Gasteiger partial charge in [-0.3, -0.25) is 0 Å². The maximum absolute atomic E-state index is 12.0. The van der Waals surface area contributed by atoms with Gasteiger partial charge in [-0.05, 0) is 19.3 Å². The van der Waals surface area contributed by atoms with E-state index in [0.29, 0.717) is 6.42 Å². The number of carbonyl (C=O) groups is 2. The standard InChI is InChI=1S/C13H24N2O3/c1-2-3-8-11(12(16)17)14-13(18)15-9-6-4-5-7-10-15/h11H,2-10H2,1H3,(H,14,18)(H,16,17)/t11-/m0/s1. The molecule has 1 saturated heterocycles. The average molecular weight is 256 g/mol. The molecule has 1 fully saturated rings. The number of nitrogens with zero attached hydrogens (tertiary/aromatic N) is 1. The van der Waals surface area contributed by atoms with Crippen LogP contribution in [0.15, 0.2) is 0 Å². The normalized spacial score (nSPS) is 17.9. The molecule has 2 N–H and O–H groups in total. The van der Waals surface area contributed by atoms with Crippen LogP contribution in [0.25, 0.3) is 0 Å². The van der Waals surface area contributed by atoms with Gasteiger partial charge < -0.3 is 15.3 Å². The minimum absolute atomic E-state index is 0.222. The number of hydrogen-bond donors (Lipinski definition) is 2. The molecular weight excluding hydrogens is 232 g/mol. The Balaban J connectivity index is 2.45. The maximum atomic E-state index is 12.0. The summed E-state index contributed by atoms with van der Waals surface area (Å²) in [6, 6.07) is -0.971. The van der Waals surface area contributed by atoms with E-state index in [4.69, 9.17) is 5.11 Å². The van der Waals surface area contributed by atoms with E-state index in [1.54, 1.807) is 4.90 Å². The van der Waals surface area contributed by atoms with E-state index in [-0.39, 0.29) is 6.03 Å². The Morgan fingerprint density at radius 1 is 1.22 bits per heavy atom. The van der Waals surface area contributed by atoms with Gasteiger partial charge in [-0.2, -0.15) is 0 Å². The van der Waals surface area contributed by atoms with Crippen molar-refractivity contribution in [1.29, 1.82) is 0 Å². The predicted octanol–water partition coefficient (Wildman–Crippen LogP) is 2.22. The van der Waals surface area contributed by atoms with Crippen molar-refractivity contribution in [3.05, 3.63) is 0 Å². The highest BCUT2D eigenvalue weighted by molar-refractivity contribution is 5.82. The summed E-state index contributed by atoms with van der Waals surface area (Å²) in [5.74, 6) is -0.938. The first-order chi connectivity index (χ1) is 8.65. The van der Waals surface area contributed by atoms with Crippen molar-refractivity contribution < 1.29 is 14.7 Å². The number of amides is 2. The second kappa shape index (κ2) is 7.95. The van der Waals surface area contributed by atoms with Crippen LogP contribution in [0.5, 0.6) is 0 Å². The number of carboxylic acid groups (broad SMARTS) is 1. The zero-order chi connectivity index (χ0) is 13.4. The maximum Gasteiger partial charge on any atom is 0.326 e. The summed E-state index contributed by atoms with van der Waals surface area (Å²) in [7, 11) is 0. The monoisotopic (exact) mass is 256 g/mol. The van der Waals surface area contributed by atoms with Crippen LogP contribution in [0.4, 0.5) is 4.79 Å². The van der Waals surface area contributed by atoms with Crippen LogP contribution in [0, 0.1) is 0 Å². The number of unbranched alkanes of at least 4 members (excludes halogenated alkanes) is 1. The molecule has 0 aromatic heterocycles. The Hall–Kier alpha value is -1.26. The third-order valence-corrected chi connectivity index (χ3v) is 3.34. The molecule has 104 valence electrons. The van der Waals surface area contributed by atoms with Crippen LogP contribution >= 0.6 is 0 Å². The quantitative estimate of drug-likeness (QED) is 0.792. The summed E-state index contributed by atoms with van der Waals surface area (Å²) in [5.41, 5.74) is 0. The third kappa shape index (κ3) is 4.94. The molecule has 2 amide bonds. The molecule has 18 heavy (non-hydrogen) atoms. The first-order valence-electron chi connectivity index (χ1n) is 6.93. The van der Waals surface area contributed by atoms with Crippen LogP contribution < -0.4 is 5.32 Å². The summed E-state index contributed by atoms with van der Waals surface area (Å²) < 4.78 is 0. The summed E-state index contributed by atoms with van der Waals surface area (Å²) in [6.07, 6.45) is 6.59. The number of hydrogen-bond acceptors (Lipinski definition) is 2. The van der Waals surface area contributed by atoms with Crippen LogP contribution in [0.1, 0.15) is 51.9 Å². The number of carboxylic acids is 1. The van der Waals surface area contributed by atoms with Crippen molar-refractivity contribution in [3.63, 3.8) is 0 Å². The van der Waals surface area contributed by atoms with Gasteiger partial charge in [-0.15, -0.1) is 0 Å². The number of likely N-dealkylation sites (tertiary alicyclic amines) is 1. The Morgan fingerprint density at radius 3 is 2.33 bits per heavy atom. The molecule has 1 aliphatic heterocycles. The van der Waals surface area contributed by atoms with Gasteiger partial charge in [0.25, 0.3) is 0 Å². The summed E-state index contributed by atoms with van der Waals surface area (Å²) >= 11 is 0. The lowest BCUT2D eigenvalue weighted by molar-refractivity contribution is -0.139. The van der Waals surface area contributed by atoms with E-state index in [1.807, 2.05) is 6.92 Å². The van der Waals surface area contributed by atoms with Crippen LogP contribution in [0.2, 0.25) is 0 Å². The Labute approximate surface area is 109 Å². The largest absolute Gasteiger partial charge is 0.480 e. The number of carbonyl (C=O) groups excluding carboxylic acids is 1. The molecule has 1 atom stereocenters. The van der Waals surface area contributed by atoms with Gasteiger partial charge >= 0.3 is 12.0 Å². The lowest BCUT2D eigenvalue weighted by Gasteiger charge is -2.23. The molecule has 1 heterocycles. The van der Waals surface area contributed by atoms with Gasteiger partial charge in [-0.25, -0.2) is 9.59 Å². The third-order valence-electron chi connectivity index (χ3n) is 3.34.